The number of hydrogen-bond acceptors (Lipinski definition) is 2. The minimum Gasteiger partial charge on any atom is -0.488 e. The molecule has 0 saturated heterocycles. The molecule has 1 N–H and O–H groups in total. The van der Waals surface area contributed by atoms with Crippen LogP contribution >= 0.6 is 22.6 Å². The van der Waals surface area contributed by atoms with Gasteiger partial charge in [0, 0.05) is 15.7 Å². The monoisotopic (exact) mass is 369 g/mol. The molecule has 1 atom stereocenters. The molecule has 2 aromatic rings. The average molecular weight is 369 g/mol. The summed E-state index contributed by atoms with van der Waals surface area (Å²) in [6, 6.07) is 12.9. The molecule has 0 aromatic heterocycles. The Kier molecular flexibility index (Phi) is 3.59. The second kappa shape index (κ2) is 5.36. The fourth-order valence-corrected chi connectivity index (χ4v) is 2.89. The summed E-state index contributed by atoms with van der Waals surface area (Å²) >= 11 is 2.13. The van der Waals surface area contributed by atoms with Gasteiger partial charge in [-0.3, -0.25) is 0 Å². The van der Waals surface area contributed by atoms with Crippen molar-refractivity contribution in [3.05, 3.63) is 57.4 Å². The standard InChI is InChI=1S/C15H13FINO/c16-11-5-6-14(13(17)8-11)18-9-12-7-10-3-1-2-4-15(10)19-12/h1-6,8,12,18H,7,9H2. The molecule has 0 bridgehead atoms. The van der Waals surface area contributed by atoms with Crippen molar-refractivity contribution in [1.82, 2.24) is 0 Å². The molecule has 1 heterocycles. The predicted molar refractivity (Wildman–Crippen MR) is 82.2 cm³/mol. The van der Waals surface area contributed by atoms with Crippen LogP contribution in [0.2, 0.25) is 0 Å². The molecule has 2 aromatic carbocycles. The summed E-state index contributed by atoms with van der Waals surface area (Å²) in [6.45, 7) is 0.719. The largest absolute Gasteiger partial charge is 0.488 e. The van der Waals surface area contributed by atoms with E-state index in [2.05, 4.69) is 34.0 Å². The van der Waals surface area contributed by atoms with Crippen molar-refractivity contribution >= 4 is 28.3 Å². The van der Waals surface area contributed by atoms with Crippen LogP contribution in [0.25, 0.3) is 0 Å². The lowest BCUT2D eigenvalue weighted by Gasteiger charge is -2.14. The van der Waals surface area contributed by atoms with E-state index in [1.54, 1.807) is 6.07 Å². The van der Waals surface area contributed by atoms with Crippen molar-refractivity contribution in [2.75, 3.05) is 11.9 Å². The fraction of sp³-hybridized carbons (Fsp3) is 0.200. The zero-order valence-electron chi connectivity index (χ0n) is 10.2. The van der Waals surface area contributed by atoms with Crippen LogP contribution in [0, 0.1) is 9.39 Å². The van der Waals surface area contributed by atoms with Crippen molar-refractivity contribution < 1.29 is 9.13 Å². The van der Waals surface area contributed by atoms with E-state index >= 15 is 0 Å². The van der Waals surface area contributed by atoms with E-state index in [-0.39, 0.29) is 11.9 Å². The van der Waals surface area contributed by atoms with Crippen molar-refractivity contribution in [2.45, 2.75) is 12.5 Å². The average Bonchev–Trinajstić information content (AvgIpc) is 2.80. The SMILES string of the molecule is Fc1ccc(NCC2Cc3ccccc3O2)c(I)c1. The van der Waals surface area contributed by atoms with Gasteiger partial charge in [-0.1, -0.05) is 18.2 Å². The van der Waals surface area contributed by atoms with Crippen LogP contribution in [0.15, 0.2) is 42.5 Å². The Bertz CT molecular complexity index is 577. The van der Waals surface area contributed by atoms with E-state index in [1.807, 2.05) is 18.2 Å². The van der Waals surface area contributed by atoms with Gasteiger partial charge in [0.15, 0.2) is 0 Å². The minimum absolute atomic E-state index is 0.137. The molecule has 0 radical (unpaired) electrons. The normalized spacial score (nSPS) is 16.8. The number of rotatable bonds is 3. The van der Waals surface area contributed by atoms with Crippen LogP contribution in [-0.4, -0.2) is 12.6 Å². The summed E-state index contributed by atoms with van der Waals surface area (Å²) in [5, 5.41) is 3.32. The number of benzene rings is 2. The lowest BCUT2D eigenvalue weighted by Crippen LogP contribution is -2.24. The molecular weight excluding hydrogens is 356 g/mol. The number of anilines is 1. The second-order valence-corrected chi connectivity index (χ2v) is 5.72. The van der Waals surface area contributed by atoms with Crippen LogP contribution in [0.1, 0.15) is 5.56 Å². The van der Waals surface area contributed by atoms with Gasteiger partial charge >= 0.3 is 0 Å². The molecule has 19 heavy (non-hydrogen) atoms. The van der Waals surface area contributed by atoms with Crippen molar-refractivity contribution in [1.29, 1.82) is 0 Å². The smallest absolute Gasteiger partial charge is 0.124 e. The first kappa shape index (κ1) is 12.7. The molecule has 0 fully saturated rings. The van der Waals surface area contributed by atoms with Crippen LogP contribution < -0.4 is 10.1 Å². The van der Waals surface area contributed by atoms with E-state index in [9.17, 15) is 4.39 Å². The van der Waals surface area contributed by atoms with Crippen molar-refractivity contribution in [2.24, 2.45) is 0 Å². The fourth-order valence-electron chi connectivity index (χ4n) is 2.22. The summed E-state index contributed by atoms with van der Waals surface area (Å²) in [6.07, 6.45) is 1.05. The van der Waals surface area contributed by atoms with E-state index in [0.29, 0.717) is 0 Å². The third-order valence-corrected chi connectivity index (χ3v) is 4.06. The van der Waals surface area contributed by atoms with Gasteiger partial charge in [0.05, 0.1) is 6.54 Å². The number of fused-ring (bicyclic) bond motifs is 1. The van der Waals surface area contributed by atoms with Gasteiger partial charge in [0.2, 0.25) is 0 Å². The summed E-state index contributed by atoms with van der Waals surface area (Å²) in [5.41, 5.74) is 2.20. The summed E-state index contributed by atoms with van der Waals surface area (Å²) in [5.74, 6) is 0.766. The van der Waals surface area contributed by atoms with Crippen LogP contribution in [0.4, 0.5) is 10.1 Å². The molecular formula is C15H13FINO. The molecule has 1 aliphatic rings. The maximum absolute atomic E-state index is 13.0. The Balaban J connectivity index is 1.63. The Morgan fingerprint density at radius 3 is 2.89 bits per heavy atom. The zero-order valence-corrected chi connectivity index (χ0v) is 12.4. The third kappa shape index (κ3) is 2.83. The van der Waals surface area contributed by atoms with E-state index in [1.165, 1.54) is 17.7 Å². The highest BCUT2D eigenvalue weighted by atomic mass is 127. The van der Waals surface area contributed by atoms with Crippen molar-refractivity contribution in [3.8, 4) is 5.75 Å². The van der Waals surface area contributed by atoms with Gasteiger partial charge in [-0.2, -0.15) is 0 Å². The van der Waals surface area contributed by atoms with Gasteiger partial charge in [-0.05, 0) is 52.4 Å². The Hall–Kier alpha value is -1.30. The van der Waals surface area contributed by atoms with Crippen LogP contribution in [0.3, 0.4) is 0 Å². The van der Waals surface area contributed by atoms with Gasteiger partial charge in [-0.15, -0.1) is 0 Å². The highest BCUT2D eigenvalue weighted by Gasteiger charge is 2.21. The minimum atomic E-state index is -0.209. The van der Waals surface area contributed by atoms with E-state index in [4.69, 9.17) is 4.74 Å². The molecule has 4 heteroatoms. The summed E-state index contributed by atoms with van der Waals surface area (Å²) in [7, 11) is 0. The molecule has 0 spiro atoms. The highest BCUT2D eigenvalue weighted by Crippen LogP contribution is 2.28. The molecule has 2 nitrogen and oxygen atoms in total. The maximum Gasteiger partial charge on any atom is 0.124 e. The van der Waals surface area contributed by atoms with E-state index in [0.717, 1.165) is 28.0 Å². The highest BCUT2D eigenvalue weighted by molar-refractivity contribution is 14.1. The van der Waals surface area contributed by atoms with Crippen LogP contribution in [-0.2, 0) is 6.42 Å². The first-order valence-electron chi connectivity index (χ1n) is 6.16. The zero-order chi connectivity index (χ0) is 13.2. The molecule has 0 saturated carbocycles. The van der Waals surface area contributed by atoms with Gasteiger partial charge in [0.1, 0.15) is 17.7 Å². The molecule has 1 aliphatic heterocycles. The van der Waals surface area contributed by atoms with E-state index < -0.39 is 0 Å². The predicted octanol–water partition coefficient (Wildman–Crippen LogP) is 3.85. The van der Waals surface area contributed by atoms with Crippen molar-refractivity contribution in [3.63, 3.8) is 0 Å². The van der Waals surface area contributed by atoms with Gasteiger partial charge in [0.25, 0.3) is 0 Å². The Morgan fingerprint density at radius 1 is 1.26 bits per heavy atom. The van der Waals surface area contributed by atoms with Gasteiger partial charge in [-0.25, -0.2) is 4.39 Å². The second-order valence-electron chi connectivity index (χ2n) is 4.56. The Labute approximate surface area is 125 Å². The first-order chi connectivity index (χ1) is 9.22. The molecule has 1 unspecified atom stereocenters. The number of para-hydroxylation sites is 1. The number of halogens is 2. The van der Waals surface area contributed by atoms with Crippen LogP contribution in [0.5, 0.6) is 5.75 Å². The number of ether oxygens (including phenoxy) is 1. The molecule has 0 amide bonds. The lowest BCUT2D eigenvalue weighted by molar-refractivity contribution is 0.246. The maximum atomic E-state index is 13.0. The first-order valence-corrected chi connectivity index (χ1v) is 7.24. The number of hydrogen-bond donors (Lipinski definition) is 1. The molecule has 3 rings (SSSR count). The number of nitrogens with one attached hydrogen (secondary N) is 1. The summed E-state index contributed by atoms with van der Waals surface area (Å²) < 4.78 is 19.7. The third-order valence-electron chi connectivity index (χ3n) is 3.17. The Morgan fingerprint density at radius 2 is 2.11 bits per heavy atom. The topological polar surface area (TPSA) is 21.3 Å². The molecule has 98 valence electrons. The quantitative estimate of drug-likeness (QED) is 0.831. The lowest BCUT2D eigenvalue weighted by atomic mass is 10.1. The summed E-state index contributed by atoms with van der Waals surface area (Å²) in [4.78, 5) is 0. The van der Waals surface area contributed by atoms with Gasteiger partial charge < -0.3 is 10.1 Å². The molecule has 0 aliphatic carbocycles.